The molecule has 17 heavy (non-hydrogen) atoms. The number of sulfonamides is 1. The van der Waals surface area contributed by atoms with Gasteiger partial charge in [0.15, 0.2) is 0 Å². The zero-order chi connectivity index (χ0) is 12.5. The molecule has 0 saturated carbocycles. The number of nitrogens with two attached hydrogens (primary N) is 1. The maximum atomic E-state index is 12.1. The van der Waals surface area contributed by atoms with E-state index >= 15 is 0 Å². The molecule has 0 saturated heterocycles. The molecule has 94 valence electrons. The molecule has 1 heterocycles. The van der Waals surface area contributed by atoms with Gasteiger partial charge in [-0.25, -0.2) is 8.42 Å². The van der Waals surface area contributed by atoms with E-state index in [9.17, 15) is 8.42 Å². The topological polar surface area (TPSA) is 63.4 Å². The van der Waals surface area contributed by atoms with Gasteiger partial charge in [0, 0.05) is 12.6 Å². The second kappa shape index (κ2) is 4.66. The number of rotatable bonds is 3. The standard InChI is InChI=1S/C12H18N2O2S/c1-2-9-17(15,16)14-8-7-11(13)10-5-3-4-6-12(10)14/h3-6,11H,2,7-9,13H2,1H3. The summed E-state index contributed by atoms with van der Waals surface area (Å²) in [7, 11) is -3.19. The van der Waals surface area contributed by atoms with Gasteiger partial charge in [0.2, 0.25) is 10.0 Å². The third-order valence-electron chi connectivity index (χ3n) is 3.05. The van der Waals surface area contributed by atoms with Crippen molar-refractivity contribution in [3.05, 3.63) is 29.8 Å². The summed E-state index contributed by atoms with van der Waals surface area (Å²) in [5, 5.41) is 0. The van der Waals surface area contributed by atoms with Crippen molar-refractivity contribution in [2.75, 3.05) is 16.6 Å². The summed E-state index contributed by atoms with van der Waals surface area (Å²) in [6.07, 6.45) is 1.31. The average molecular weight is 254 g/mol. The second-order valence-electron chi connectivity index (χ2n) is 4.34. The highest BCUT2D eigenvalue weighted by molar-refractivity contribution is 7.92. The Morgan fingerprint density at radius 2 is 2.12 bits per heavy atom. The Labute approximate surface area is 102 Å². The van der Waals surface area contributed by atoms with Crippen molar-refractivity contribution in [3.63, 3.8) is 0 Å². The number of nitrogens with zero attached hydrogens (tertiary/aromatic N) is 1. The van der Waals surface area contributed by atoms with Crippen molar-refractivity contribution in [1.82, 2.24) is 0 Å². The molecule has 5 heteroatoms. The van der Waals surface area contributed by atoms with Gasteiger partial charge in [-0.1, -0.05) is 25.1 Å². The van der Waals surface area contributed by atoms with Crippen LogP contribution in [0.2, 0.25) is 0 Å². The molecule has 0 radical (unpaired) electrons. The molecule has 2 N–H and O–H groups in total. The summed E-state index contributed by atoms with van der Waals surface area (Å²) < 4.78 is 25.8. The minimum atomic E-state index is -3.19. The van der Waals surface area contributed by atoms with Gasteiger partial charge < -0.3 is 5.73 Å². The Balaban J connectivity index is 2.43. The Morgan fingerprint density at radius 3 is 2.82 bits per heavy atom. The normalized spacial score (nSPS) is 20.1. The molecule has 4 nitrogen and oxygen atoms in total. The average Bonchev–Trinajstić information content (AvgIpc) is 2.29. The van der Waals surface area contributed by atoms with Crippen molar-refractivity contribution < 1.29 is 8.42 Å². The van der Waals surface area contributed by atoms with Crippen LogP contribution >= 0.6 is 0 Å². The molecule has 1 aliphatic rings. The summed E-state index contributed by atoms with van der Waals surface area (Å²) in [5.74, 6) is 0.191. The van der Waals surface area contributed by atoms with Crippen molar-refractivity contribution in [2.24, 2.45) is 5.73 Å². The molecule has 0 fully saturated rings. The Bertz CT molecular complexity index is 499. The zero-order valence-corrected chi connectivity index (χ0v) is 10.8. The highest BCUT2D eigenvalue weighted by atomic mass is 32.2. The van der Waals surface area contributed by atoms with E-state index in [-0.39, 0.29) is 11.8 Å². The van der Waals surface area contributed by atoms with Crippen molar-refractivity contribution in [3.8, 4) is 0 Å². The van der Waals surface area contributed by atoms with Crippen LogP contribution in [0.3, 0.4) is 0 Å². The van der Waals surface area contributed by atoms with E-state index in [1.807, 2.05) is 31.2 Å². The second-order valence-corrected chi connectivity index (χ2v) is 6.35. The first-order valence-electron chi connectivity index (χ1n) is 5.91. The summed E-state index contributed by atoms with van der Waals surface area (Å²) in [6.45, 7) is 2.36. The first-order chi connectivity index (χ1) is 8.06. The van der Waals surface area contributed by atoms with E-state index in [4.69, 9.17) is 5.73 Å². The number of para-hydroxylation sites is 1. The van der Waals surface area contributed by atoms with E-state index in [0.717, 1.165) is 11.3 Å². The first-order valence-corrected chi connectivity index (χ1v) is 7.52. The maximum absolute atomic E-state index is 12.1. The summed E-state index contributed by atoms with van der Waals surface area (Å²) in [5.41, 5.74) is 7.68. The van der Waals surface area contributed by atoms with E-state index in [0.29, 0.717) is 19.4 Å². The lowest BCUT2D eigenvalue weighted by Crippen LogP contribution is -2.39. The van der Waals surface area contributed by atoms with Gasteiger partial charge in [0.25, 0.3) is 0 Å². The van der Waals surface area contributed by atoms with Crippen LogP contribution in [0, 0.1) is 0 Å². The quantitative estimate of drug-likeness (QED) is 0.891. The van der Waals surface area contributed by atoms with Gasteiger partial charge in [-0.05, 0) is 24.5 Å². The van der Waals surface area contributed by atoms with Crippen LogP contribution in [-0.2, 0) is 10.0 Å². The summed E-state index contributed by atoms with van der Waals surface area (Å²) in [6, 6.07) is 7.44. The van der Waals surface area contributed by atoms with Gasteiger partial charge in [0.05, 0.1) is 11.4 Å². The lowest BCUT2D eigenvalue weighted by Gasteiger charge is -2.33. The fraction of sp³-hybridized carbons (Fsp3) is 0.500. The lowest BCUT2D eigenvalue weighted by molar-refractivity contribution is 0.573. The highest BCUT2D eigenvalue weighted by Gasteiger charge is 2.29. The largest absolute Gasteiger partial charge is 0.324 e. The highest BCUT2D eigenvalue weighted by Crippen LogP contribution is 2.33. The van der Waals surface area contributed by atoms with Gasteiger partial charge in [-0.3, -0.25) is 4.31 Å². The van der Waals surface area contributed by atoms with Gasteiger partial charge in [0.1, 0.15) is 0 Å². The fourth-order valence-corrected chi connectivity index (χ4v) is 3.80. The van der Waals surface area contributed by atoms with E-state index in [2.05, 4.69) is 0 Å². The van der Waals surface area contributed by atoms with E-state index < -0.39 is 10.0 Å². The summed E-state index contributed by atoms with van der Waals surface area (Å²) >= 11 is 0. The predicted octanol–water partition coefficient (Wildman–Crippen LogP) is 1.64. The molecule has 1 aromatic rings. The lowest BCUT2D eigenvalue weighted by atomic mass is 9.99. The molecule has 0 aliphatic carbocycles. The van der Waals surface area contributed by atoms with Gasteiger partial charge >= 0.3 is 0 Å². The molecule has 0 spiro atoms. The minimum Gasteiger partial charge on any atom is -0.324 e. The first kappa shape index (κ1) is 12.4. The molecule has 1 unspecified atom stereocenters. The van der Waals surface area contributed by atoms with E-state index in [1.165, 1.54) is 4.31 Å². The number of hydrogen-bond acceptors (Lipinski definition) is 3. The minimum absolute atomic E-state index is 0.0562. The van der Waals surface area contributed by atoms with Crippen LogP contribution in [0.4, 0.5) is 5.69 Å². The smallest absolute Gasteiger partial charge is 0.235 e. The molecule has 0 aromatic heterocycles. The molecule has 0 amide bonds. The number of benzene rings is 1. The molecule has 1 atom stereocenters. The maximum Gasteiger partial charge on any atom is 0.235 e. The van der Waals surface area contributed by atoms with Crippen LogP contribution < -0.4 is 10.0 Å². The predicted molar refractivity (Wildman–Crippen MR) is 69.4 cm³/mol. The van der Waals surface area contributed by atoms with Crippen LogP contribution in [-0.4, -0.2) is 20.7 Å². The zero-order valence-electron chi connectivity index (χ0n) is 9.96. The van der Waals surface area contributed by atoms with Crippen molar-refractivity contribution >= 4 is 15.7 Å². The van der Waals surface area contributed by atoms with Gasteiger partial charge in [-0.15, -0.1) is 0 Å². The third kappa shape index (κ3) is 2.30. The van der Waals surface area contributed by atoms with Crippen LogP contribution in [0.5, 0.6) is 0 Å². The van der Waals surface area contributed by atoms with Crippen LogP contribution in [0.1, 0.15) is 31.4 Å². The molecular formula is C12H18N2O2S. The molecule has 2 rings (SSSR count). The van der Waals surface area contributed by atoms with Gasteiger partial charge in [-0.2, -0.15) is 0 Å². The summed E-state index contributed by atoms with van der Waals surface area (Å²) in [4.78, 5) is 0. The number of anilines is 1. The van der Waals surface area contributed by atoms with Crippen LogP contribution in [0.15, 0.2) is 24.3 Å². The fourth-order valence-electron chi connectivity index (χ4n) is 2.22. The Hall–Kier alpha value is -1.07. The van der Waals surface area contributed by atoms with Crippen molar-refractivity contribution in [1.29, 1.82) is 0 Å². The number of fused-ring (bicyclic) bond motifs is 1. The molecule has 1 aliphatic heterocycles. The molecule has 0 bridgehead atoms. The molecule has 1 aromatic carbocycles. The number of hydrogen-bond donors (Lipinski definition) is 1. The van der Waals surface area contributed by atoms with E-state index in [1.54, 1.807) is 0 Å². The SMILES string of the molecule is CCCS(=O)(=O)N1CCC(N)c2ccccc21. The Morgan fingerprint density at radius 1 is 1.41 bits per heavy atom. The molecular weight excluding hydrogens is 236 g/mol. The van der Waals surface area contributed by atoms with Crippen LogP contribution in [0.25, 0.3) is 0 Å². The Kier molecular flexibility index (Phi) is 3.40. The monoisotopic (exact) mass is 254 g/mol. The van der Waals surface area contributed by atoms with Crippen molar-refractivity contribution in [2.45, 2.75) is 25.8 Å². The third-order valence-corrected chi connectivity index (χ3v) is 5.02.